The SMILES string of the molecule is CSC1(CNC(=O)c2cccc(C)c2I)CC1. The second-order valence-electron chi connectivity index (χ2n) is 4.51. The summed E-state index contributed by atoms with van der Waals surface area (Å²) >= 11 is 4.11. The van der Waals surface area contributed by atoms with Crippen molar-refractivity contribution in [3.8, 4) is 0 Å². The number of carbonyl (C=O) groups excluding carboxylic acids is 1. The Morgan fingerprint density at radius 1 is 1.53 bits per heavy atom. The second-order valence-corrected chi connectivity index (χ2v) is 6.86. The summed E-state index contributed by atoms with van der Waals surface area (Å²) in [4.78, 5) is 12.1. The van der Waals surface area contributed by atoms with Crippen LogP contribution in [0, 0.1) is 10.5 Å². The molecular formula is C13H16INOS. The molecule has 1 fully saturated rings. The molecule has 1 aromatic rings. The molecule has 1 aliphatic rings. The monoisotopic (exact) mass is 361 g/mol. The summed E-state index contributed by atoms with van der Waals surface area (Å²) in [5.74, 6) is 0.0541. The smallest absolute Gasteiger partial charge is 0.252 e. The minimum atomic E-state index is 0.0541. The molecule has 0 spiro atoms. The van der Waals surface area contributed by atoms with Crippen LogP contribution in [0.3, 0.4) is 0 Å². The van der Waals surface area contributed by atoms with Gasteiger partial charge >= 0.3 is 0 Å². The van der Waals surface area contributed by atoms with E-state index in [0.29, 0.717) is 4.75 Å². The van der Waals surface area contributed by atoms with Crippen LogP contribution in [-0.4, -0.2) is 23.5 Å². The van der Waals surface area contributed by atoms with Gasteiger partial charge in [0, 0.05) is 14.9 Å². The fourth-order valence-electron chi connectivity index (χ4n) is 1.75. The maximum atomic E-state index is 12.1. The lowest BCUT2D eigenvalue weighted by atomic mass is 10.1. The largest absolute Gasteiger partial charge is 0.351 e. The molecule has 0 heterocycles. The first-order chi connectivity index (χ1) is 8.08. The van der Waals surface area contributed by atoms with Crippen molar-refractivity contribution < 1.29 is 4.79 Å². The zero-order valence-electron chi connectivity index (χ0n) is 10.0. The number of carbonyl (C=O) groups is 1. The molecule has 1 amide bonds. The number of benzene rings is 1. The van der Waals surface area contributed by atoms with Crippen LogP contribution in [0.4, 0.5) is 0 Å². The van der Waals surface area contributed by atoms with E-state index in [2.05, 4.69) is 34.2 Å². The number of amides is 1. The number of nitrogens with one attached hydrogen (secondary N) is 1. The number of thioether (sulfide) groups is 1. The van der Waals surface area contributed by atoms with Gasteiger partial charge in [0.2, 0.25) is 0 Å². The van der Waals surface area contributed by atoms with E-state index >= 15 is 0 Å². The number of rotatable bonds is 4. The van der Waals surface area contributed by atoms with Gasteiger partial charge < -0.3 is 5.32 Å². The summed E-state index contributed by atoms with van der Waals surface area (Å²) < 4.78 is 1.38. The summed E-state index contributed by atoms with van der Waals surface area (Å²) in [7, 11) is 0. The van der Waals surface area contributed by atoms with Gasteiger partial charge in [-0.25, -0.2) is 0 Å². The fourth-order valence-corrected chi connectivity index (χ4v) is 3.08. The molecule has 0 saturated heterocycles. The summed E-state index contributed by atoms with van der Waals surface area (Å²) in [6.45, 7) is 2.82. The van der Waals surface area contributed by atoms with Crippen LogP contribution in [0.1, 0.15) is 28.8 Å². The van der Waals surface area contributed by atoms with Gasteiger partial charge in [0.05, 0.1) is 5.56 Å². The summed E-state index contributed by atoms with van der Waals surface area (Å²) in [5.41, 5.74) is 1.95. The zero-order valence-corrected chi connectivity index (χ0v) is 13.0. The van der Waals surface area contributed by atoms with Crippen LogP contribution < -0.4 is 5.32 Å². The summed E-state index contributed by atoms with van der Waals surface area (Å²) in [5, 5.41) is 3.06. The van der Waals surface area contributed by atoms with E-state index in [0.717, 1.165) is 21.2 Å². The van der Waals surface area contributed by atoms with Crippen LogP contribution in [0.15, 0.2) is 18.2 Å². The molecule has 0 atom stereocenters. The molecule has 1 saturated carbocycles. The normalized spacial score (nSPS) is 16.6. The van der Waals surface area contributed by atoms with Gasteiger partial charge in [-0.15, -0.1) is 0 Å². The van der Waals surface area contributed by atoms with E-state index in [-0.39, 0.29) is 5.91 Å². The standard InChI is InChI=1S/C13H16INOS/c1-9-4-3-5-10(11(9)14)12(16)15-8-13(17-2)6-7-13/h3-5H,6-8H2,1-2H3,(H,15,16). The molecule has 92 valence electrons. The molecule has 1 aromatic carbocycles. The van der Waals surface area contributed by atoms with Crippen LogP contribution in [0.5, 0.6) is 0 Å². The number of halogens is 1. The third-order valence-electron chi connectivity index (χ3n) is 3.25. The average molecular weight is 361 g/mol. The minimum Gasteiger partial charge on any atom is -0.351 e. The second kappa shape index (κ2) is 5.18. The lowest BCUT2D eigenvalue weighted by Gasteiger charge is -2.14. The van der Waals surface area contributed by atoms with Crippen LogP contribution in [0.2, 0.25) is 0 Å². The maximum Gasteiger partial charge on any atom is 0.252 e. The Bertz CT molecular complexity index is 443. The van der Waals surface area contributed by atoms with E-state index in [9.17, 15) is 4.79 Å². The molecule has 4 heteroatoms. The van der Waals surface area contributed by atoms with Crippen molar-refractivity contribution in [2.45, 2.75) is 24.5 Å². The molecule has 1 aliphatic carbocycles. The van der Waals surface area contributed by atoms with E-state index < -0.39 is 0 Å². The number of aryl methyl sites for hydroxylation is 1. The van der Waals surface area contributed by atoms with E-state index in [4.69, 9.17) is 0 Å². The Labute approximate surface area is 120 Å². The molecular weight excluding hydrogens is 345 g/mol. The van der Waals surface area contributed by atoms with Crippen molar-refractivity contribution in [3.63, 3.8) is 0 Å². The predicted molar refractivity (Wildman–Crippen MR) is 81.7 cm³/mol. The maximum absolute atomic E-state index is 12.1. The Balaban J connectivity index is 2.02. The van der Waals surface area contributed by atoms with Gasteiger partial charge in [0.15, 0.2) is 0 Å². The number of hydrogen-bond acceptors (Lipinski definition) is 2. The quantitative estimate of drug-likeness (QED) is 0.835. The fraction of sp³-hybridized carbons (Fsp3) is 0.462. The molecule has 0 bridgehead atoms. The molecule has 0 radical (unpaired) electrons. The van der Waals surface area contributed by atoms with Gasteiger partial charge in [-0.1, -0.05) is 12.1 Å². The van der Waals surface area contributed by atoms with Crippen molar-refractivity contribution in [1.29, 1.82) is 0 Å². The molecule has 2 nitrogen and oxygen atoms in total. The van der Waals surface area contributed by atoms with E-state index in [1.54, 1.807) is 0 Å². The number of hydrogen-bond donors (Lipinski definition) is 1. The summed E-state index contributed by atoms with van der Waals surface area (Å²) in [6, 6.07) is 5.86. The van der Waals surface area contributed by atoms with E-state index in [1.165, 1.54) is 12.8 Å². The van der Waals surface area contributed by atoms with Crippen LogP contribution in [-0.2, 0) is 0 Å². The third kappa shape index (κ3) is 2.96. The third-order valence-corrected chi connectivity index (χ3v) is 6.10. The van der Waals surface area contributed by atoms with Crippen molar-refractivity contribution in [2.24, 2.45) is 0 Å². The first-order valence-electron chi connectivity index (χ1n) is 5.66. The first kappa shape index (κ1) is 13.2. The first-order valence-corrected chi connectivity index (χ1v) is 7.97. The Morgan fingerprint density at radius 3 is 2.82 bits per heavy atom. The molecule has 0 unspecified atom stereocenters. The zero-order chi connectivity index (χ0) is 12.5. The minimum absolute atomic E-state index is 0.0541. The highest BCUT2D eigenvalue weighted by Gasteiger charge is 2.42. The van der Waals surface area contributed by atoms with Crippen molar-refractivity contribution in [3.05, 3.63) is 32.9 Å². The Hall–Kier alpha value is -0.230. The molecule has 1 N–H and O–H groups in total. The highest BCUT2D eigenvalue weighted by molar-refractivity contribution is 14.1. The predicted octanol–water partition coefficient (Wildman–Crippen LogP) is 3.23. The highest BCUT2D eigenvalue weighted by atomic mass is 127. The Kier molecular flexibility index (Phi) is 4.02. The van der Waals surface area contributed by atoms with Crippen molar-refractivity contribution in [1.82, 2.24) is 5.32 Å². The van der Waals surface area contributed by atoms with Gasteiger partial charge in [-0.3, -0.25) is 4.79 Å². The molecule has 0 aliphatic heterocycles. The van der Waals surface area contributed by atoms with Crippen molar-refractivity contribution >= 4 is 40.3 Å². The molecule has 0 aromatic heterocycles. The van der Waals surface area contributed by atoms with Gasteiger partial charge in [0.25, 0.3) is 5.91 Å². The highest BCUT2D eigenvalue weighted by Crippen LogP contribution is 2.46. The molecule has 17 heavy (non-hydrogen) atoms. The van der Waals surface area contributed by atoms with Gasteiger partial charge in [0.1, 0.15) is 0 Å². The lowest BCUT2D eigenvalue weighted by Crippen LogP contribution is -2.32. The Morgan fingerprint density at radius 2 is 2.24 bits per heavy atom. The van der Waals surface area contributed by atoms with Crippen molar-refractivity contribution in [2.75, 3.05) is 12.8 Å². The van der Waals surface area contributed by atoms with Gasteiger partial charge in [-0.2, -0.15) is 11.8 Å². The topological polar surface area (TPSA) is 29.1 Å². The lowest BCUT2D eigenvalue weighted by molar-refractivity contribution is 0.0952. The molecule has 2 rings (SSSR count). The average Bonchev–Trinajstić information content (AvgIpc) is 3.10. The van der Waals surface area contributed by atoms with Gasteiger partial charge in [-0.05, 0) is 60.2 Å². The van der Waals surface area contributed by atoms with Crippen LogP contribution >= 0.6 is 34.4 Å². The summed E-state index contributed by atoms with van der Waals surface area (Å²) in [6.07, 6.45) is 4.56. The van der Waals surface area contributed by atoms with Crippen LogP contribution in [0.25, 0.3) is 0 Å². The van der Waals surface area contributed by atoms with E-state index in [1.807, 2.05) is 36.9 Å².